The van der Waals surface area contributed by atoms with Crippen LogP contribution in [0.1, 0.15) is 34.9 Å². The van der Waals surface area contributed by atoms with Gasteiger partial charge in [0.05, 0.1) is 10.7 Å². The van der Waals surface area contributed by atoms with Crippen molar-refractivity contribution in [2.75, 3.05) is 13.1 Å². The maximum Gasteiger partial charge on any atom is 0.443 e. The van der Waals surface area contributed by atoms with Crippen molar-refractivity contribution < 1.29 is 35.9 Å². The third-order valence-electron chi connectivity index (χ3n) is 4.55. The zero-order valence-electron chi connectivity index (χ0n) is 16.0. The molecule has 2 aromatic heterocycles. The number of aromatic nitrogens is 2. The number of thiazole rings is 1. The summed E-state index contributed by atoms with van der Waals surface area (Å²) in [5.41, 5.74) is -1.78. The maximum absolute atomic E-state index is 13.0. The molecule has 7 nitrogen and oxygen atoms in total. The molecule has 174 valence electrons. The fourth-order valence-electron chi connectivity index (χ4n) is 2.96. The van der Waals surface area contributed by atoms with Gasteiger partial charge in [-0.25, -0.2) is 14.8 Å². The second-order valence-electron chi connectivity index (χ2n) is 6.72. The van der Waals surface area contributed by atoms with Crippen LogP contribution in [0.15, 0.2) is 17.6 Å². The van der Waals surface area contributed by atoms with E-state index in [9.17, 15) is 35.9 Å². The number of halogens is 7. The molecule has 0 radical (unpaired) electrons. The summed E-state index contributed by atoms with van der Waals surface area (Å²) in [6, 6.07) is -2.25. The van der Waals surface area contributed by atoms with Gasteiger partial charge in [-0.05, 0) is 13.0 Å². The molecule has 1 aliphatic heterocycles. The molecule has 0 aromatic carbocycles. The fourth-order valence-corrected chi connectivity index (χ4v) is 3.96. The maximum atomic E-state index is 13.0. The Bertz CT molecular complexity index is 1030. The highest BCUT2D eigenvalue weighted by atomic mass is 35.5. The Morgan fingerprint density at radius 2 is 2.00 bits per heavy atom. The summed E-state index contributed by atoms with van der Waals surface area (Å²) < 4.78 is 78.0. The molecule has 1 aliphatic rings. The quantitative estimate of drug-likeness (QED) is 0.626. The van der Waals surface area contributed by atoms with Crippen LogP contribution in [0.2, 0.25) is 5.02 Å². The van der Waals surface area contributed by atoms with Crippen LogP contribution in [0.5, 0.6) is 0 Å². The lowest BCUT2D eigenvalue weighted by molar-refractivity contribution is -0.141. The molecule has 2 aromatic rings. The van der Waals surface area contributed by atoms with Crippen molar-refractivity contribution >= 4 is 34.9 Å². The predicted molar refractivity (Wildman–Crippen MR) is 101 cm³/mol. The summed E-state index contributed by atoms with van der Waals surface area (Å²) in [5.74, 6) is -0.435. The number of nitrogens with one attached hydrogen (secondary N) is 2. The number of rotatable bonds is 3. The van der Waals surface area contributed by atoms with Gasteiger partial charge in [0.15, 0.2) is 10.7 Å². The number of carbonyl (C=O) groups is 2. The molecule has 15 heteroatoms. The molecule has 1 fully saturated rings. The van der Waals surface area contributed by atoms with Crippen molar-refractivity contribution in [2.45, 2.75) is 31.4 Å². The summed E-state index contributed by atoms with van der Waals surface area (Å²) in [6.07, 6.45) is -8.86. The van der Waals surface area contributed by atoms with E-state index >= 15 is 0 Å². The van der Waals surface area contributed by atoms with Gasteiger partial charge in [0.25, 0.3) is 0 Å². The molecule has 3 rings (SSSR count). The highest BCUT2D eigenvalue weighted by Crippen LogP contribution is 2.37. The minimum absolute atomic E-state index is 0.113. The van der Waals surface area contributed by atoms with Gasteiger partial charge >= 0.3 is 18.4 Å². The van der Waals surface area contributed by atoms with E-state index in [0.717, 1.165) is 22.5 Å². The summed E-state index contributed by atoms with van der Waals surface area (Å²) in [5, 5.41) is 3.99. The van der Waals surface area contributed by atoms with Crippen LogP contribution in [0.4, 0.5) is 31.1 Å². The number of alkyl halides is 6. The van der Waals surface area contributed by atoms with Crippen molar-refractivity contribution in [3.05, 3.63) is 44.6 Å². The highest BCUT2D eigenvalue weighted by Gasteiger charge is 2.38. The van der Waals surface area contributed by atoms with Crippen LogP contribution in [0, 0.1) is 0 Å². The van der Waals surface area contributed by atoms with Gasteiger partial charge in [0.2, 0.25) is 5.91 Å². The van der Waals surface area contributed by atoms with Gasteiger partial charge in [0, 0.05) is 30.2 Å². The van der Waals surface area contributed by atoms with Crippen LogP contribution in [-0.4, -0.2) is 45.9 Å². The van der Waals surface area contributed by atoms with Crippen molar-refractivity contribution in [1.29, 1.82) is 0 Å². The number of urea groups is 1. The molecular formula is C17H14ClF6N5O2S. The molecule has 2 N–H and O–H groups in total. The molecule has 3 heterocycles. The average molecular weight is 502 g/mol. The monoisotopic (exact) mass is 501 g/mol. The number of piperazine rings is 1. The lowest BCUT2D eigenvalue weighted by Gasteiger charge is -2.34. The average Bonchev–Trinajstić information content (AvgIpc) is 3.17. The largest absolute Gasteiger partial charge is 0.443 e. The fraction of sp³-hybridized carbons (Fsp3) is 0.412. The molecule has 3 amide bonds. The zero-order chi connectivity index (χ0) is 23.8. The van der Waals surface area contributed by atoms with Crippen LogP contribution in [0.25, 0.3) is 0 Å². The Kier molecular flexibility index (Phi) is 6.56. The Hall–Kier alpha value is -2.61. The topological polar surface area (TPSA) is 87.2 Å². The van der Waals surface area contributed by atoms with E-state index in [2.05, 4.69) is 20.6 Å². The molecule has 0 aliphatic carbocycles. The first kappa shape index (κ1) is 24.0. The second-order valence-corrected chi connectivity index (χ2v) is 7.98. The molecule has 0 bridgehead atoms. The Morgan fingerprint density at radius 3 is 2.56 bits per heavy atom. The number of hydrogen-bond donors (Lipinski definition) is 2. The number of carbonyl (C=O) groups excluding carboxylic acids is 2. The standard InChI is InChI=1S/C17H14ClF6N5O2S/c1-7-13(30)25-2-3-29(7)15(31)28-11(10-6-32-14(27-10)17(22,23)24)8-4-9(18)12(26-5-8)16(19,20)21/h4-7,11H,2-3H2,1H3,(H,25,30)(H,28,31)/t7-,11?/m1/s1. The molecular weight excluding hydrogens is 488 g/mol. The first-order valence-corrected chi connectivity index (χ1v) is 10.1. The Balaban J connectivity index is 1.99. The van der Waals surface area contributed by atoms with Crippen molar-refractivity contribution in [2.24, 2.45) is 0 Å². The molecule has 0 spiro atoms. The van der Waals surface area contributed by atoms with Crippen molar-refractivity contribution in [1.82, 2.24) is 25.5 Å². The van der Waals surface area contributed by atoms with Gasteiger partial charge in [-0.1, -0.05) is 11.6 Å². The SMILES string of the molecule is C[C@@H]1C(=O)NCCN1C(=O)NC(c1cnc(C(F)(F)F)c(Cl)c1)c1csc(C(F)(F)F)n1. The Morgan fingerprint density at radius 1 is 1.31 bits per heavy atom. The normalized spacial score (nSPS) is 18.3. The molecule has 2 atom stereocenters. The highest BCUT2D eigenvalue weighted by molar-refractivity contribution is 7.09. The van der Waals surface area contributed by atoms with Gasteiger partial charge in [-0.2, -0.15) is 26.3 Å². The second kappa shape index (κ2) is 8.73. The summed E-state index contributed by atoms with van der Waals surface area (Å²) in [7, 11) is 0. The lowest BCUT2D eigenvalue weighted by Crippen LogP contribution is -2.58. The van der Waals surface area contributed by atoms with E-state index in [1.807, 2.05) is 0 Å². The first-order valence-electron chi connectivity index (χ1n) is 8.89. The summed E-state index contributed by atoms with van der Waals surface area (Å²) >= 11 is 5.95. The summed E-state index contributed by atoms with van der Waals surface area (Å²) in [4.78, 5) is 32.5. The number of hydrogen-bond acceptors (Lipinski definition) is 5. The lowest BCUT2D eigenvalue weighted by atomic mass is 10.1. The van der Waals surface area contributed by atoms with Gasteiger partial charge < -0.3 is 15.5 Å². The minimum atomic E-state index is -4.85. The number of amides is 3. The van der Waals surface area contributed by atoms with Crippen LogP contribution < -0.4 is 10.6 Å². The third kappa shape index (κ3) is 5.06. The van der Waals surface area contributed by atoms with Gasteiger partial charge in [-0.3, -0.25) is 4.79 Å². The van der Waals surface area contributed by atoms with Gasteiger partial charge in [0.1, 0.15) is 12.1 Å². The van der Waals surface area contributed by atoms with E-state index in [1.165, 1.54) is 6.92 Å². The number of pyridine rings is 1. The van der Waals surface area contributed by atoms with E-state index in [4.69, 9.17) is 11.6 Å². The summed E-state index contributed by atoms with van der Waals surface area (Å²) in [6.45, 7) is 1.72. The van der Waals surface area contributed by atoms with Crippen LogP contribution in [0.3, 0.4) is 0 Å². The minimum Gasteiger partial charge on any atom is -0.353 e. The predicted octanol–water partition coefficient (Wildman–Crippen LogP) is 3.85. The van der Waals surface area contributed by atoms with Crippen molar-refractivity contribution in [3.63, 3.8) is 0 Å². The Labute approximate surface area is 185 Å². The van der Waals surface area contributed by atoms with E-state index in [-0.39, 0.29) is 35.7 Å². The zero-order valence-corrected chi connectivity index (χ0v) is 17.6. The molecule has 1 unspecified atom stereocenters. The van der Waals surface area contributed by atoms with Gasteiger partial charge in [-0.15, -0.1) is 11.3 Å². The van der Waals surface area contributed by atoms with E-state index < -0.39 is 52.1 Å². The molecule has 0 saturated carbocycles. The smallest absolute Gasteiger partial charge is 0.353 e. The molecule has 1 saturated heterocycles. The van der Waals surface area contributed by atoms with Crippen LogP contribution >= 0.6 is 22.9 Å². The first-order chi connectivity index (χ1) is 14.8. The molecule has 32 heavy (non-hydrogen) atoms. The van der Waals surface area contributed by atoms with E-state index in [0.29, 0.717) is 0 Å². The number of nitrogens with zero attached hydrogens (tertiary/aromatic N) is 3. The van der Waals surface area contributed by atoms with Crippen LogP contribution in [-0.2, 0) is 17.1 Å². The van der Waals surface area contributed by atoms with E-state index in [1.54, 1.807) is 0 Å². The van der Waals surface area contributed by atoms with Crippen molar-refractivity contribution in [3.8, 4) is 0 Å². The third-order valence-corrected chi connectivity index (χ3v) is 5.75.